The SMILES string of the molecule is CN(Cc1ccc2c(c1)OCCO2)C(=O)/C=C/c1nc2ccccc2o1. The first-order chi connectivity index (χ1) is 12.7. The summed E-state index contributed by atoms with van der Waals surface area (Å²) in [6.07, 6.45) is 3.05. The Bertz CT molecular complexity index is 944. The molecule has 0 saturated heterocycles. The van der Waals surface area contributed by atoms with Crippen molar-refractivity contribution in [3.05, 3.63) is 60.0 Å². The van der Waals surface area contributed by atoms with Crippen molar-refractivity contribution in [3.8, 4) is 11.5 Å². The molecule has 6 heteroatoms. The molecule has 26 heavy (non-hydrogen) atoms. The van der Waals surface area contributed by atoms with Crippen LogP contribution >= 0.6 is 0 Å². The molecule has 0 saturated carbocycles. The Labute approximate surface area is 150 Å². The quantitative estimate of drug-likeness (QED) is 0.676. The maximum Gasteiger partial charge on any atom is 0.246 e. The van der Waals surface area contributed by atoms with Crippen LogP contribution in [-0.4, -0.2) is 36.1 Å². The van der Waals surface area contributed by atoms with Gasteiger partial charge >= 0.3 is 0 Å². The summed E-state index contributed by atoms with van der Waals surface area (Å²) >= 11 is 0. The van der Waals surface area contributed by atoms with Gasteiger partial charge in [0.1, 0.15) is 18.7 Å². The van der Waals surface area contributed by atoms with E-state index in [1.807, 2.05) is 42.5 Å². The number of ether oxygens (including phenoxy) is 2. The van der Waals surface area contributed by atoms with Gasteiger partial charge < -0.3 is 18.8 Å². The van der Waals surface area contributed by atoms with Crippen molar-refractivity contribution in [2.24, 2.45) is 0 Å². The number of nitrogens with zero attached hydrogens (tertiary/aromatic N) is 2. The lowest BCUT2D eigenvalue weighted by atomic mass is 10.2. The number of carbonyl (C=O) groups is 1. The second-order valence-corrected chi connectivity index (χ2v) is 6.03. The first kappa shape index (κ1) is 16.2. The van der Waals surface area contributed by atoms with E-state index in [-0.39, 0.29) is 5.91 Å². The third kappa shape index (κ3) is 3.39. The van der Waals surface area contributed by atoms with Gasteiger partial charge in [-0.25, -0.2) is 4.98 Å². The number of fused-ring (bicyclic) bond motifs is 2. The molecule has 1 aliphatic heterocycles. The number of rotatable bonds is 4. The topological polar surface area (TPSA) is 64.8 Å². The Balaban J connectivity index is 1.42. The molecule has 2 aromatic carbocycles. The molecule has 2 heterocycles. The maximum atomic E-state index is 12.3. The van der Waals surface area contributed by atoms with Gasteiger partial charge in [-0.05, 0) is 29.8 Å². The summed E-state index contributed by atoms with van der Waals surface area (Å²) in [6, 6.07) is 13.2. The van der Waals surface area contributed by atoms with Crippen molar-refractivity contribution < 1.29 is 18.7 Å². The van der Waals surface area contributed by atoms with Crippen LogP contribution in [-0.2, 0) is 11.3 Å². The minimum absolute atomic E-state index is 0.137. The lowest BCUT2D eigenvalue weighted by Gasteiger charge is -2.20. The minimum atomic E-state index is -0.137. The molecule has 0 aliphatic carbocycles. The van der Waals surface area contributed by atoms with Crippen molar-refractivity contribution >= 4 is 23.1 Å². The van der Waals surface area contributed by atoms with E-state index in [1.165, 1.54) is 6.08 Å². The molecule has 3 aromatic rings. The zero-order valence-corrected chi connectivity index (χ0v) is 14.3. The number of aromatic nitrogens is 1. The summed E-state index contributed by atoms with van der Waals surface area (Å²) in [5.74, 6) is 1.73. The molecule has 1 aromatic heterocycles. The second kappa shape index (κ2) is 6.92. The number of para-hydroxylation sites is 2. The van der Waals surface area contributed by atoms with E-state index in [4.69, 9.17) is 13.9 Å². The van der Waals surface area contributed by atoms with Crippen molar-refractivity contribution in [2.45, 2.75) is 6.54 Å². The fraction of sp³-hybridized carbons (Fsp3) is 0.200. The number of benzene rings is 2. The first-order valence-electron chi connectivity index (χ1n) is 8.36. The van der Waals surface area contributed by atoms with Gasteiger partial charge in [0.2, 0.25) is 11.8 Å². The van der Waals surface area contributed by atoms with E-state index in [1.54, 1.807) is 18.0 Å². The van der Waals surface area contributed by atoms with Gasteiger partial charge in [0.05, 0.1) is 0 Å². The van der Waals surface area contributed by atoms with Gasteiger partial charge in [0.25, 0.3) is 0 Å². The normalized spacial score (nSPS) is 13.3. The van der Waals surface area contributed by atoms with Crippen LogP contribution in [0.2, 0.25) is 0 Å². The molecule has 0 spiro atoms. The van der Waals surface area contributed by atoms with Crippen LogP contribution in [0, 0.1) is 0 Å². The molecule has 0 N–H and O–H groups in total. The third-order valence-electron chi connectivity index (χ3n) is 4.08. The number of oxazole rings is 1. The van der Waals surface area contributed by atoms with Gasteiger partial charge in [-0.1, -0.05) is 18.2 Å². The summed E-state index contributed by atoms with van der Waals surface area (Å²) < 4.78 is 16.7. The van der Waals surface area contributed by atoms with Crippen LogP contribution in [0.15, 0.2) is 53.0 Å². The Hall–Kier alpha value is -3.28. The Morgan fingerprint density at radius 3 is 2.81 bits per heavy atom. The number of amides is 1. The smallest absolute Gasteiger partial charge is 0.246 e. The summed E-state index contributed by atoms with van der Waals surface area (Å²) in [6.45, 7) is 1.57. The van der Waals surface area contributed by atoms with Gasteiger partial charge in [-0.2, -0.15) is 0 Å². The van der Waals surface area contributed by atoms with Gasteiger partial charge in [-0.15, -0.1) is 0 Å². The lowest BCUT2D eigenvalue weighted by molar-refractivity contribution is -0.125. The van der Waals surface area contributed by atoms with Crippen molar-refractivity contribution in [2.75, 3.05) is 20.3 Å². The van der Waals surface area contributed by atoms with E-state index in [0.29, 0.717) is 31.2 Å². The Morgan fingerprint density at radius 2 is 1.96 bits per heavy atom. The average molecular weight is 350 g/mol. The zero-order chi connectivity index (χ0) is 17.9. The van der Waals surface area contributed by atoms with Crippen LogP contribution in [0.25, 0.3) is 17.2 Å². The Kier molecular flexibility index (Phi) is 4.31. The zero-order valence-electron chi connectivity index (χ0n) is 14.3. The maximum absolute atomic E-state index is 12.3. The predicted octanol–water partition coefficient (Wildman–Crippen LogP) is 3.27. The van der Waals surface area contributed by atoms with E-state index < -0.39 is 0 Å². The summed E-state index contributed by atoms with van der Waals surface area (Å²) in [4.78, 5) is 18.3. The van der Waals surface area contributed by atoms with Gasteiger partial charge in [-0.3, -0.25) is 4.79 Å². The molecular weight excluding hydrogens is 332 g/mol. The highest BCUT2D eigenvalue weighted by Crippen LogP contribution is 2.31. The van der Waals surface area contributed by atoms with Crippen LogP contribution in [0.3, 0.4) is 0 Å². The van der Waals surface area contributed by atoms with Crippen molar-refractivity contribution in [1.29, 1.82) is 0 Å². The number of hydrogen-bond donors (Lipinski definition) is 0. The lowest BCUT2D eigenvalue weighted by Crippen LogP contribution is -2.24. The fourth-order valence-electron chi connectivity index (χ4n) is 2.77. The molecule has 0 unspecified atom stereocenters. The van der Waals surface area contributed by atoms with Crippen molar-refractivity contribution in [3.63, 3.8) is 0 Å². The summed E-state index contributed by atoms with van der Waals surface area (Å²) in [7, 11) is 1.75. The van der Waals surface area contributed by atoms with Crippen molar-refractivity contribution in [1.82, 2.24) is 9.88 Å². The standard InChI is InChI=1S/C20H18N2O4/c1-22(13-14-6-7-17-18(12-14)25-11-10-24-17)20(23)9-8-19-21-15-4-2-3-5-16(15)26-19/h2-9,12H,10-11,13H2,1H3/b9-8+. The molecule has 0 fully saturated rings. The number of carbonyl (C=O) groups excluding carboxylic acids is 1. The van der Waals surface area contributed by atoms with E-state index >= 15 is 0 Å². The molecule has 0 radical (unpaired) electrons. The minimum Gasteiger partial charge on any atom is -0.486 e. The molecule has 132 valence electrons. The Morgan fingerprint density at radius 1 is 1.15 bits per heavy atom. The fourth-order valence-corrected chi connectivity index (χ4v) is 2.77. The van der Waals surface area contributed by atoms with Crippen LogP contribution in [0.4, 0.5) is 0 Å². The van der Waals surface area contributed by atoms with Gasteiger partial charge in [0.15, 0.2) is 17.1 Å². The highest BCUT2D eigenvalue weighted by atomic mass is 16.6. The molecular formula is C20H18N2O4. The molecule has 0 atom stereocenters. The molecule has 0 bridgehead atoms. The highest BCUT2D eigenvalue weighted by Gasteiger charge is 2.13. The monoisotopic (exact) mass is 350 g/mol. The predicted molar refractivity (Wildman–Crippen MR) is 96.9 cm³/mol. The van der Waals surface area contributed by atoms with E-state index in [9.17, 15) is 4.79 Å². The summed E-state index contributed by atoms with van der Waals surface area (Å²) in [5.41, 5.74) is 2.44. The number of likely N-dealkylation sites (N-methyl/N-ethyl adjacent to an activating group) is 1. The third-order valence-corrected chi connectivity index (χ3v) is 4.08. The van der Waals surface area contributed by atoms with E-state index in [0.717, 1.165) is 22.6 Å². The molecule has 6 nitrogen and oxygen atoms in total. The highest BCUT2D eigenvalue weighted by molar-refractivity contribution is 5.91. The molecule has 4 rings (SSSR count). The number of hydrogen-bond acceptors (Lipinski definition) is 5. The van der Waals surface area contributed by atoms with Gasteiger partial charge in [0, 0.05) is 25.7 Å². The van der Waals surface area contributed by atoms with Crippen LogP contribution < -0.4 is 9.47 Å². The first-order valence-corrected chi connectivity index (χ1v) is 8.36. The molecule has 1 amide bonds. The molecule has 1 aliphatic rings. The van der Waals surface area contributed by atoms with Crippen LogP contribution in [0.5, 0.6) is 11.5 Å². The van der Waals surface area contributed by atoms with E-state index in [2.05, 4.69) is 4.98 Å². The second-order valence-electron chi connectivity index (χ2n) is 6.03. The average Bonchev–Trinajstić information content (AvgIpc) is 3.09. The largest absolute Gasteiger partial charge is 0.486 e. The van der Waals surface area contributed by atoms with Crippen LogP contribution in [0.1, 0.15) is 11.5 Å². The summed E-state index contributed by atoms with van der Waals surface area (Å²) in [5, 5.41) is 0.